The maximum atomic E-state index is 11.9. The molecular weight excluding hydrogens is 262 g/mol. The van der Waals surface area contributed by atoms with Crippen molar-refractivity contribution in [3.8, 4) is 0 Å². The largest absolute Gasteiger partial charge is 0.761 e. The Morgan fingerprint density at radius 1 is 1.05 bits per heavy atom. The molecule has 0 atom stereocenters. The molecule has 6 nitrogen and oxygen atoms in total. The maximum Gasteiger partial charge on any atom is 0.347 e. The average Bonchev–Trinajstić information content (AvgIpc) is 2.45. The van der Waals surface area contributed by atoms with E-state index in [1.165, 1.54) is 0 Å². The van der Waals surface area contributed by atoms with Crippen molar-refractivity contribution in [1.29, 1.82) is 0 Å². The molecule has 0 aliphatic heterocycles. The fourth-order valence-corrected chi connectivity index (χ4v) is 1.55. The summed E-state index contributed by atoms with van der Waals surface area (Å²) in [5.74, 6) is -1.79. The van der Waals surface area contributed by atoms with Crippen LogP contribution in [0.15, 0.2) is 35.9 Å². The van der Waals surface area contributed by atoms with Gasteiger partial charge in [0.25, 0.3) is 0 Å². The Balaban J connectivity index is 3.32. The third-order valence-corrected chi connectivity index (χ3v) is 2.37. The van der Waals surface area contributed by atoms with Gasteiger partial charge in [-0.2, -0.15) is 0 Å². The highest BCUT2D eigenvalue weighted by atomic mass is 16.6. The first-order valence-corrected chi connectivity index (χ1v) is 6.17. The third-order valence-electron chi connectivity index (χ3n) is 2.37. The fourth-order valence-electron chi connectivity index (χ4n) is 1.55. The van der Waals surface area contributed by atoms with E-state index in [9.17, 15) is 14.8 Å². The molecule has 0 heterocycles. The van der Waals surface area contributed by atoms with Gasteiger partial charge in [0.2, 0.25) is 0 Å². The van der Waals surface area contributed by atoms with E-state index in [-0.39, 0.29) is 18.9 Å². The number of carbonyl (C=O) groups excluding carboxylic acids is 2. The molecular formula is C14H16NO5-. The predicted octanol–water partition coefficient (Wildman–Crippen LogP) is 1.61. The number of ether oxygens (including phenoxy) is 2. The zero-order valence-corrected chi connectivity index (χ0v) is 11.3. The smallest absolute Gasteiger partial charge is 0.347 e. The van der Waals surface area contributed by atoms with E-state index < -0.39 is 17.5 Å². The summed E-state index contributed by atoms with van der Waals surface area (Å²) in [6, 6.07) is 8.30. The Morgan fingerprint density at radius 2 is 1.55 bits per heavy atom. The molecule has 0 unspecified atom stereocenters. The second-order valence-electron chi connectivity index (χ2n) is 3.66. The van der Waals surface area contributed by atoms with E-state index in [2.05, 4.69) is 0 Å². The molecule has 0 spiro atoms. The molecule has 0 bridgehead atoms. The van der Waals surface area contributed by atoms with Gasteiger partial charge in [-0.05, 0) is 19.4 Å². The fraction of sp³-hybridized carbons (Fsp3) is 0.286. The molecule has 0 fully saturated rings. The lowest BCUT2D eigenvalue weighted by Gasteiger charge is -2.18. The van der Waals surface area contributed by atoms with Gasteiger partial charge in [-0.15, -0.1) is 0 Å². The highest BCUT2D eigenvalue weighted by molar-refractivity contribution is 6.19. The second kappa shape index (κ2) is 7.96. The number of benzene rings is 1. The van der Waals surface area contributed by atoms with Gasteiger partial charge in [-0.3, -0.25) is 0 Å². The molecule has 0 amide bonds. The van der Waals surface area contributed by atoms with Crippen LogP contribution in [-0.4, -0.2) is 25.2 Å². The summed E-state index contributed by atoms with van der Waals surface area (Å²) in [5.41, 5.74) is 1.43. The van der Waals surface area contributed by atoms with Crippen molar-refractivity contribution < 1.29 is 19.1 Å². The number of hydrogen-bond acceptors (Lipinski definition) is 6. The second-order valence-corrected chi connectivity index (χ2v) is 3.66. The van der Waals surface area contributed by atoms with Gasteiger partial charge in [0.05, 0.1) is 18.9 Å². The molecule has 1 N–H and O–H groups in total. The van der Waals surface area contributed by atoms with Gasteiger partial charge in [0, 0.05) is 0 Å². The summed E-state index contributed by atoms with van der Waals surface area (Å²) in [6.07, 6.45) is 0. The van der Waals surface area contributed by atoms with E-state index in [0.717, 1.165) is 0 Å². The van der Waals surface area contributed by atoms with E-state index in [1.54, 1.807) is 49.7 Å². The molecule has 1 rings (SSSR count). The van der Waals surface area contributed by atoms with Crippen LogP contribution < -0.4 is 5.48 Å². The highest BCUT2D eigenvalue weighted by Gasteiger charge is 2.25. The normalized spacial score (nSPS) is 9.55. The van der Waals surface area contributed by atoms with Crippen molar-refractivity contribution in [2.75, 3.05) is 13.2 Å². The maximum absolute atomic E-state index is 11.9. The number of esters is 2. The van der Waals surface area contributed by atoms with E-state index in [4.69, 9.17) is 9.47 Å². The number of hydrogen-bond donors (Lipinski definition) is 1. The monoisotopic (exact) mass is 278 g/mol. The SMILES string of the molecule is CCOC(=O)C(C(=O)OCC)=C(N[O-])c1ccccc1. The predicted molar refractivity (Wildman–Crippen MR) is 73.1 cm³/mol. The van der Waals surface area contributed by atoms with Crippen molar-refractivity contribution in [2.24, 2.45) is 0 Å². The summed E-state index contributed by atoms with van der Waals surface area (Å²) in [4.78, 5) is 23.7. The molecule has 0 aliphatic carbocycles. The molecule has 0 radical (unpaired) electrons. The van der Waals surface area contributed by atoms with Gasteiger partial charge >= 0.3 is 11.9 Å². The van der Waals surface area contributed by atoms with Gasteiger partial charge in [-0.25, -0.2) is 9.59 Å². The van der Waals surface area contributed by atoms with Crippen molar-refractivity contribution >= 4 is 17.6 Å². The van der Waals surface area contributed by atoms with Crippen LogP contribution in [-0.2, 0) is 19.1 Å². The Kier molecular flexibility index (Phi) is 6.25. The zero-order valence-electron chi connectivity index (χ0n) is 11.3. The van der Waals surface area contributed by atoms with Crippen LogP contribution in [0.1, 0.15) is 19.4 Å². The van der Waals surface area contributed by atoms with Gasteiger partial charge in [-0.1, -0.05) is 30.3 Å². The first-order valence-electron chi connectivity index (χ1n) is 6.17. The Labute approximate surface area is 117 Å². The first kappa shape index (κ1) is 15.7. The molecule has 108 valence electrons. The van der Waals surface area contributed by atoms with Crippen LogP contribution >= 0.6 is 0 Å². The van der Waals surface area contributed by atoms with Gasteiger partial charge < -0.3 is 20.2 Å². The number of carbonyl (C=O) groups is 2. The lowest BCUT2D eigenvalue weighted by atomic mass is 10.1. The number of rotatable bonds is 6. The minimum atomic E-state index is -0.895. The van der Waals surface area contributed by atoms with E-state index >= 15 is 0 Å². The minimum absolute atomic E-state index is 0.0860. The molecule has 20 heavy (non-hydrogen) atoms. The summed E-state index contributed by atoms with van der Waals surface area (Å²) in [5, 5.41) is 11.2. The quantitative estimate of drug-likeness (QED) is 0.280. The Morgan fingerprint density at radius 3 is 1.95 bits per heavy atom. The van der Waals surface area contributed by atoms with Crippen molar-refractivity contribution in [2.45, 2.75) is 13.8 Å². The lowest BCUT2D eigenvalue weighted by Crippen LogP contribution is -2.23. The molecule has 1 aromatic rings. The summed E-state index contributed by atoms with van der Waals surface area (Å²) in [7, 11) is 0. The molecule has 0 aliphatic rings. The molecule has 0 aromatic heterocycles. The summed E-state index contributed by atoms with van der Waals surface area (Å²) < 4.78 is 9.60. The van der Waals surface area contributed by atoms with E-state index in [1.807, 2.05) is 0 Å². The number of hydroxylamine groups is 1. The van der Waals surface area contributed by atoms with Crippen molar-refractivity contribution in [3.05, 3.63) is 46.7 Å². The third kappa shape index (κ3) is 3.83. The van der Waals surface area contributed by atoms with Crippen molar-refractivity contribution in [3.63, 3.8) is 0 Å². The molecule has 1 aromatic carbocycles. The van der Waals surface area contributed by atoms with Crippen LogP contribution in [0, 0.1) is 5.21 Å². The van der Waals surface area contributed by atoms with Gasteiger partial charge in [0.1, 0.15) is 0 Å². The Hall–Kier alpha value is -2.34. The number of nitrogens with one attached hydrogen (secondary N) is 1. The topological polar surface area (TPSA) is 87.7 Å². The zero-order chi connectivity index (χ0) is 15.0. The van der Waals surface area contributed by atoms with Crippen LogP contribution in [0.4, 0.5) is 0 Å². The molecule has 0 saturated carbocycles. The van der Waals surface area contributed by atoms with Gasteiger partial charge in [0.15, 0.2) is 5.57 Å². The lowest BCUT2D eigenvalue weighted by molar-refractivity contribution is -0.146. The first-order chi connectivity index (χ1) is 9.65. The van der Waals surface area contributed by atoms with E-state index in [0.29, 0.717) is 5.56 Å². The average molecular weight is 278 g/mol. The summed E-state index contributed by atoms with van der Waals surface area (Å²) >= 11 is 0. The minimum Gasteiger partial charge on any atom is -0.761 e. The van der Waals surface area contributed by atoms with Crippen LogP contribution in [0.3, 0.4) is 0 Å². The van der Waals surface area contributed by atoms with Crippen molar-refractivity contribution in [1.82, 2.24) is 5.48 Å². The Bertz CT molecular complexity index is 476. The highest BCUT2D eigenvalue weighted by Crippen LogP contribution is 2.18. The van der Waals surface area contributed by atoms with Crippen LogP contribution in [0.2, 0.25) is 0 Å². The molecule has 0 saturated heterocycles. The summed E-state index contributed by atoms with van der Waals surface area (Å²) in [6.45, 7) is 3.38. The molecule has 6 heteroatoms. The van der Waals surface area contributed by atoms with Crippen LogP contribution in [0.25, 0.3) is 5.70 Å². The standard InChI is InChI=1S/C14H16NO5/c1-3-19-13(16)11(14(17)20-4-2)12(15-18)10-8-6-5-7-9-10/h5-9,15H,3-4H2,1-2H3/q-1. The van der Waals surface area contributed by atoms with Crippen LogP contribution in [0.5, 0.6) is 0 Å².